The van der Waals surface area contributed by atoms with E-state index in [9.17, 15) is 4.79 Å². The average molecular weight is 306 g/mol. The number of carbonyl (C=O) groups excluding carboxylic acids is 1. The van der Waals surface area contributed by atoms with Crippen LogP contribution in [0.1, 0.15) is 15.6 Å². The first kappa shape index (κ1) is 14.0. The van der Waals surface area contributed by atoms with Gasteiger partial charge in [-0.3, -0.25) is 4.79 Å². The lowest BCUT2D eigenvalue weighted by atomic mass is 10.2. The van der Waals surface area contributed by atoms with Gasteiger partial charge in [-0.1, -0.05) is 0 Å². The molecule has 1 saturated heterocycles. The second-order valence-corrected chi connectivity index (χ2v) is 6.50. The summed E-state index contributed by atoms with van der Waals surface area (Å²) in [5.41, 5.74) is 0.917. The molecule has 1 fully saturated rings. The molecule has 21 heavy (non-hydrogen) atoms. The van der Waals surface area contributed by atoms with Gasteiger partial charge in [0.25, 0.3) is 0 Å². The highest BCUT2D eigenvalue weighted by molar-refractivity contribution is 7.11. The first-order valence-electron chi connectivity index (χ1n) is 6.94. The van der Waals surface area contributed by atoms with Crippen LogP contribution in [0.4, 0.5) is 5.95 Å². The number of hydrogen-bond donors (Lipinski definition) is 1. The summed E-state index contributed by atoms with van der Waals surface area (Å²) in [4.78, 5) is 26.1. The van der Waals surface area contributed by atoms with E-state index >= 15 is 0 Å². The van der Waals surface area contributed by atoms with Crippen LogP contribution in [0.25, 0.3) is 0 Å². The van der Waals surface area contributed by atoms with Crippen LogP contribution < -0.4 is 4.90 Å². The molecule has 0 atom stereocenters. The van der Waals surface area contributed by atoms with Crippen molar-refractivity contribution in [2.45, 2.75) is 20.3 Å². The third-order valence-electron chi connectivity index (χ3n) is 3.65. The smallest absolute Gasteiger partial charge is 0.228 e. The van der Waals surface area contributed by atoms with Crippen LogP contribution in [-0.2, 0) is 11.2 Å². The van der Waals surface area contributed by atoms with E-state index in [0.29, 0.717) is 19.5 Å². The lowest BCUT2D eigenvalue weighted by Gasteiger charge is -2.34. The number of hydrogen-bond acceptors (Lipinski definition) is 6. The maximum Gasteiger partial charge on any atom is 0.228 e. The summed E-state index contributed by atoms with van der Waals surface area (Å²) < 4.78 is 0. The molecule has 0 aliphatic carbocycles. The molecule has 3 rings (SSSR count). The molecule has 7 nitrogen and oxygen atoms in total. The Morgan fingerprint density at radius 3 is 2.67 bits per heavy atom. The lowest BCUT2D eigenvalue weighted by molar-refractivity contribution is -0.130. The molecule has 1 aliphatic rings. The zero-order valence-corrected chi connectivity index (χ0v) is 13.0. The number of nitrogens with one attached hydrogen (secondary N) is 1. The van der Waals surface area contributed by atoms with Crippen molar-refractivity contribution in [3.8, 4) is 0 Å². The quantitative estimate of drug-likeness (QED) is 0.906. The van der Waals surface area contributed by atoms with Crippen molar-refractivity contribution < 1.29 is 4.79 Å². The van der Waals surface area contributed by atoms with Crippen LogP contribution in [0.5, 0.6) is 0 Å². The number of nitrogens with zero attached hydrogens (tertiary/aromatic N) is 5. The number of rotatable bonds is 3. The highest BCUT2D eigenvalue weighted by atomic mass is 32.1. The average Bonchev–Trinajstić information content (AvgIpc) is 3.10. The van der Waals surface area contributed by atoms with E-state index in [1.54, 1.807) is 11.3 Å². The number of amides is 1. The van der Waals surface area contributed by atoms with Crippen molar-refractivity contribution in [3.05, 3.63) is 21.9 Å². The predicted molar refractivity (Wildman–Crippen MR) is 80.5 cm³/mol. The molecular formula is C13H18N6OS. The SMILES string of the molecule is Cc1nc(CC(=O)N2CCN(c3ncn[nH]3)CC2)c(C)s1. The Balaban J connectivity index is 1.56. The zero-order valence-electron chi connectivity index (χ0n) is 12.2. The third-order valence-corrected chi connectivity index (χ3v) is 4.58. The molecule has 1 N–H and O–H groups in total. The van der Waals surface area contributed by atoms with Gasteiger partial charge in [-0.2, -0.15) is 10.1 Å². The van der Waals surface area contributed by atoms with Gasteiger partial charge in [0, 0.05) is 31.1 Å². The number of anilines is 1. The molecular weight excluding hydrogens is 288 g/mol. The molecule has 2 aromatic heterocycles. The van der Waals surface area contributed by atoms with Crippen molar-refractivity contribution in [2.24, 2.45) is 0 Å². The Bertz CT molecular complexity index is 615. The second-order valence-electron chi connectivity index (χ2n) is 5.09. The van der Waals surface area contributed by atoms with Crippen molar-refractivity contribution in [1.29, 1.82) is 0 Å². The van der Waals surface area contributed by atoms with Crippen LogP contribution in [0, 0.1) is 13.8 Å². The molecule has 1 aliphatic heterocycles. The highest BCUT2D eigenvalue weighted by Gasteiger charge is 2.23. The van der Waals surface area contributed by atoms with E-state index in [4.69, 9.17) is 0 Å². The molecule has 2 aromatic rings. The third kappa shape index (κ3) is 3.05. The largest absolute Gasteiger partial charge is 0.339 e. The van der Waals surface area contributed by atoms with Gasteiger partial charge in [0.1, 0.15) is 6.33 Å². The van der Waals surface area contributed by atoms with Gasteiger partial charge in [0.15, 0.2) is 0 Å². The first-order chi connectivity index (χ1) is 10.1. The van der Waals surface area contributed by atoms with Crippen LogP contribution in [0.3, 0.4) is 0 Å². The molecule has 8 heteroatoms. The Labute approximate surface area is 127 Å². The molecule has 0 bridgehead atoms. The fraction of sp³-hybridized carbons (Fsp3) is 0.538. The van der Waals surface area contributed by atoms with E-state index in [2.05, 4.69) is 25.1 Å². The fourth-order valence-corrected chi connectivity index (χ4v) is 3.34. The van der Waals surface area contributed by atoms with Gasteiger partial charge < -0.3 is 9.80 Å². The van der Waals surface area contributed by atoms with E-state index in [0.717, 1.165) is 34.6 Å². The van der Waals surface area contributed by atoms with Crippen molar-refractivity contribution in [3.63, 3.8) is 0 Å². The number of aryl methyl sites for hydroxylation is 2. The standard InChI is InChI=1S/C13H18N6OS/c1-9-11(16-10(2)21-9)7-12(20)18-3-5-19(6-4-18)13-14-8-15-17-13/h8H,3-7H2,1-2H3,(H,14,15,17). The Kier molecular flexibility index (Phi) is 3.87. The Hall–Kier alpha value is -1.96. The minimum Gasteiger partial charge on any atom is -0.339 e. The summed E-state index contributed by atoms with van der Waals surface area (Å²) in [6.07, 6.45) is 1.90. The number of aromatic nitrogens is 4. The predicted octanol–water partition coefficient (Wildman–Crippen LogP) is 0.769. The fourth-order valence-electron chi connectivity index (χ4n) is 2.51. The molecule has 112 valence electrons. The Morgan fingerprint density at radius 2 is 2.10 bits per heavy atom. The van der Waals surface area contributed by atoms with Crippen molar-refractivity contribution in [2.75, 3.05) is 31.1 Å². The highest BCUT2D eigenvalue weighted by Crippen LogP contribution is 2.18. The van der Waals surface area contributed by atoms with E-state index in [1.165, 1.54) is 6.33 Å². The molecule has 3 heterocycles. The number of carbonyl (C=O) groups is 1. The normalized spacial score (nSPS) is 15.5. The van der Waals surface area contributed by atoms with E-state index < -0.39 is 0 Å². The van der Waals surface area contributed by atoms with Crippen LogP contribution >= 0.6 is 11.3 Å². The van der Waals surface area contributed by atoms with Gasteiger partial charge in [0.2, 0.25) is 11.9 Å². The number of aromatic amines is 1. The van der Waals surface area contributed by atoms with E-state index in [1.807, 2.05) is 18.7 Å². The summed E-state index contributed by atoms with van der Waals surface area (Å²) >= 11 is 1.65. The summed E-state index contributed by atoms with van der Waals surface area (Å²) in [6.45, 7) is 6.96. The number of piperazine rings is 1. The monoisotopic (exact) mass is 306 g/mol. The summed E-state index contributed by atoms with van der Waals surface area (Å²) in [7, 11) is 0. The van der Waals surface area contributed by atoms with Crippen LogP contribution in [-0.4, -0.2) is 57.2 Å². The molecule has 1 amide bonds. The van der Waals surface area contributed by atoms with Crippen LogP contribution in [0.15, 0.2) is 6.33 Å². The first-order valence-corrected chi connectivity index (χ1v) is 7.76. The summed E-state index contributed by atoms with van der Waals surface area (Å²) in [5, 5.41) is 7.73. The van der Waals surface area contributed by atoms with Crippen molar-refractivity contribution >= 4 is 23.2 Å². The Morgan fingerprint density at radius 1 is 1.33 bits per heavy atom. The van der Waals surface area contributed by atoms with Gasteiger partial charge in [-0.05, 0) is 13.8 Å². The molecule has 0 aromatic carbocycles. The van der Waals surface area contributed by atoms with E-state index in [-0.39, 0.29) is 5.91 Å². The van der Waals surface area contributed by atoms with Crippen molar-refractivity contribution in [1.82, 2.24) is 25.1 Å². The lowest BCUT2D eigenvalue weighted by Crippen LogP contribution is -2.49. The second kappa shape index (κ2) is 5.80. The molecule has 0 radical (unpaired) electrons. The summed E-state index contributed by atoms with van der Waals surface area (Å²) in [6, 6.07) is 0. The molecule has 0 saturated carbocycles. The minimum absolute atomic E-state index is 0.153. The summed E-state index contributed by atoms with van der Waals surface area (Å²) in [5.74, 6) is 0.925. The topological polar surface area (TPSA) is 78.0 Å². The minimum atomic E-state index is 0.153. The van der Waals surface area contributed by atoms with Gasteiger partial charge in [-0.15, -0.1) is 11.3 Å². The zero-order chi connectivity index (χ0) is 14.8. The van der Waals surface area contributed by atoms with Gasteiger partial charge in [0.05, 0.1) is 17.1 Å². The maximum absolute atomic E-state index is 12.4. The van der Waals surface area contributed by atoms with Gasteiger partial charge in [-0.25, -0.2) is 10.1 Å². The number of H-pyrrole nitrogens is 1. The molecule has 0 unspecified atom stereocenters. The van der Waals surface area contributed by atoms with Crippen LogP contribution in [0.2, 0.25) is 0 Å². The van der Waals surface area contributed by atoms with Gasteiger partial charge >= 0.3 is 0 Å². The molecule has 0 spiro atoms. The maximum atomic E-state index is 12.4. The number of thiazole rings is 1.